The van der Waals surface area contributed by atoms with Crippen molar-refractivity contribution in [2.24, 2.45) is 3.77 Å². The fourth-order valence-electron chi connectivity index (χ4n) is 2.38. The second kappa shape index (κ2) is 5.83. The molecule has 1 fully saturated rings. The van der Waals surface area contributed by atoms with Crippen LogP contribution >= 0.6 is 0 Å². The van der Waals surface area contributed by atoms with Crippen LogP contribution in [0.15, 0.2) is 34.1 Å². The van der Waals surface area contributed by atoms with Crippen molar-refractivity contribution in [2.75, 3.05) is 30.9 Å². The fraction of sp³-hybridized carbons (Fsp3) is 0.538. The standard InChI is InChI=1S/C13H20N2O3S2/c1-12(13-6-4-3-5-7-13)15-8-10-20(18,11-9-15)14-19(2,16)17/h3-7,12H,8-11H2,1-2H3/t12-/m0/s1. The molecule has 7 heteroatoms. The number of nitrogens with zero attached hydrogens (tertiary/aromatic N) is 2. The molecule has 20 heavy (non-hydrogen) atoms. The largest absolute Gasteiger partial charge is 0.295 e. The Bertz CT molecular complexity index is 663. The Morgan fingerprint density at radius 2 is 1.75 bits per heavy atom. The van der Waals surface area contributed by atoms with Gasteiger partial charge < -0.3 is 0 Å². The third kappa shape index (κ3) is 4.04. The number of hydrogen-bond acceptors (Lipinski definition) is 4. The van der Waals surface area contributed by atoms with Crippen LogP contribution in [0.25, 0.3) is 0 Å². The molecule has 1 atom stereocenters. The van der Waals surface area contributed by atoms with Crippen LogP contribution in [-0.4, -0.2) is 48.4 Å². The highest BCUT2D eigenvalue weighted by atomic mass is 32.3. The minimum atomic E-state index is -3.54. The molecule has 0 amide bonds. The zero-order valence-corrected chi connectivity index (χ0v) is 13.4. The van der Waals surface area contributed by atoms with E-state index in [1.807, 2.05) is 18.2 Å². The van der Waals surface area contributed by atoms with Crippen LogP contribution in [0.1, 0.15) is 18.5 Å². The third-order valence-corrected chi connectivity index (χ3v) is 7.31. The summed E-state index contributed by atoms with van der Waals surface area (Å²) in [6, 6.07) is 10.3. The Morgan fingerprint density at radius 1 is 1.20 bits per heavy atom. The van der Waals surface area contributed by atoms with Crippen molar-refractivity contribution in [2.45, 2.75) is 13.0 Å². The maximum atomic E-state index is 12.4. The van der Waals surface area contributed by atoms with E-state index in [1.54, 1.807) is 0 Å². The number of sulfonamides is 1. The summed E-state index contributed by atoms with van der Waals surface area (Å²) in [7, 11) is -6.14. The lowest BCUT2D eigenvalue weighted by atomic mass is 10.1. The molecule has 5 nitrogen and oxygen atoms in total. The van der Waals surface area contributed by atoms with E-state index < -0.39 is 19.8 Å². The summed E-state index contributed by atoms with van der Waals surface area (Å²) >= 11 is 0. The van der Waals surface area contributed by atoms with Crippen LogP contribution in [0, 0.1) is 0 Å². The summed E-state index contributed by atoms with van der Waals surface area (Å²) in [5.41, 5.74) is 1.21. The van der Waals surface area contributed by atoms with Gasteiger partial charge in [0.15, 0.2) is 0 Å². The molecular weight excluding hydrogens is 296 g/mol. The maximum absolute atomic E-state index is 12.4. The molecule has 112 valence electrons. The van der Waals surface area contributed by atoms with Gasteiger partial charge in [-0.15, -0.1) is 3.77 Å². The Labute approximate surface area is 121 Å². The van der Waals surface area contributed by atoms with Gasteiger partial charge in [-0.3, -0.25) is 4.90 Å². The van der Waals surface area contributed by atoms with E-state index in [4.69, 9.17) is 0 Å². The van der Waals surface area contributed by atoms with Gasteiger partial charge in [0.05, 0.1) is 16.0 Å². The van der Waals surface area contributed by atoms with Crippen LogP contribution in [-0.2, 0) is 19.8 Å². The molecule has 0 unspecified atom stereocenters. The summed E-state index contributed by atoms with van der Waals surface area (Å²) in [6.07, 6.45) is 0.999. The van der Waals surface area contributed by atoms with Crippen molar-refractivity contribution in [3.05, 3.63) is 35.9 Å². The molecule has 0 saturated carbocycles. The van der Waals surface area contributed by atoms with E-state index in [0.29, 0.717) is 24.6 Å². The molecule has 1 heterocycles. The smallest absolute Gasteiger partial charge is 0.257 e. The molecular formula is C13H20N2O3S2. The molecule has 1 aliphatic rings. The third-order valence-electron chi connectivity index (χ3n) is 3.50. The van der Waals surface area contributed by atoms with Gasteiger partial charge in [-0.25, -0.2) is 12.6 Å². The summed E-state index contributed by atoms with van der Waals surface area (Å²) in [5, 5.41) is 0. The average molecular weight is 316 g/mol. The lowest BCUT2D eigenvalue weighted by molar-refractivity contribution is 0.230. The quantitative estimate of drug-likeness (QED) is 0.847. The molecule has 2 rings (SSSR count). The first kappa shape index (κ1) is 15.5. The molecule has 0 bridgehead atoms. The van der Waals surface area contributed by atoms with Crippen molar-refractivity contribution in [1.29, 1.82) is 0 Å². The minimum Gasteiger partial charge on any atom is -0.295 e. The second-order valence-corrected chi connectivity index (χ2v) is 9.53. The lowest BCUT2D eigenvalue weighted by Gasteiger charge is -2.33. The van der Waals surface area contributed by atoms with Gasteiger partial charge in [0.2, 0.25) is 0 Å². The zero-order chi connectivity index (χ0) is 14.8. The molecule has 0 aliphatic carbocycles. The van der Waals surface area contributed by atoms with Gasteiger partial charge in [-0.1, -0.05) is 30.3 Å². The van der Waals surface area contributed by atoms with Gasteiger partial charge in [-0.05, 0) is 12.5 Å². The van der Waals surface area contributed by atoms with E-state index >= 15 is 0 Å². The van der Waals surface area contributed by atoms with E-state index in [2.05, 4.69) is 27.7 Å². The highest BCUT2D eigenvalue weighted by molar-refractivity contribution is 8.03. The fourth-order valence-corrected chi connectivity index (χ4v) is 6.20. The summed E-state index contributed by atoms with van der Waals surface area (Å²) in [5.74, 6) is 0.633. The van der Waals surface area contributed by atoms with Crippen molar-refractivity contribution in [3.63, 3.8) is 0 Å². The maximum Gasteiger partial charge on any atom is 0.257 e. The minimum absolute atomic E-state index is 0.235. The van der Waals surface area contributed by atoms with Gasteiger partial charge in [0, 0.05) is 30.6 Å². The highest BCUT2D eigenvalue weighted by Gasteiger charge is 2.25. The first-order chi connectivity index (χ1) is 9.29. The van der Waals surface area contributed by atoms with E-state index in [1.165, 1.54) is 5.56 Å². The molecule has 1 saturated heterocycles. The Balaban J connectivity index is 2.09. The first-order valence-electron chi connectivity index (χ1n) is 6.52. The SMILES string of the molecule is C[C@@H](c1ccccc1)N1CCS(=O)(=NS(C)(=O)=O)CC1. The van der Waals surface area contributed by atoms with E-state index in [0.717, 1.165) is 6.26 Å². The normalized spacial score (nSPS) is 21.3. The van der Waals surface area contributed by atoms with Crippen molar-refractivity contribution in [3.8, 4) is 0 Å². The van der Waals surface area contributed by atoms with Crippen LogP contribution in [0.4, 0.5) is 0 Å². The van der Waals surface area contributed by atoms with Gasteiger partial charge >= 0.3 is 0 Å². The Morgan fingerprint density at radius 3 is 2.25 bits per heavy atom. The molecule has 0 N–H and O–H groups in total. The highest BCUT2D eigenvalue weighted by Crippen LogP contribution is 2.22. The van der Waals surface area contributed by atoms with Gasteiger partial charge in [-0.2, -0.15) is 0 Å². The summed E-state index contributed by atoms with van der Waals surface area (Å²) in [6.45, 7) is 3.32. The van der Waals surface area contributed by atoms with E-state index in [9.17, 15) is 12.6 Å². The first-order valence-corrected chi connectivity index (χ1v) is 10.2. The topological polar surface area (TPSA) is 66.8 Å². The average Bonchev–Trinajstić information content (AvgIpc) is 2.37. The van der Waals surface area contributed by atoms with Crippen LogP contribution in [0.3, 0.4) is 0 Å². The van der Waals surface area contributed by atoms with Crippen molar-refractivity contribution in [1.82, 2.24) is 4.90 Å². The van der Waals surface area contributed by atoms with Crippen LogP contribution in [0.5, 0.6) is 0 Å². The molecule has 0 spiro atoms. The number of rotatable bonds is 3. The summed E-state index contributed by atoms with van der Waals surface area (Å²) in [4.78, 5) is 2.22. The molecule has 0 radical (unpaired) electrons. The predicted molar refractivity (Wildman–Crippen MR) is 81.6 cm³/mol. The Hall–Kier alpha value is -0.920. The zero-order valence-electron chi connectivity index (χ0n) is 11.7. The predicted octanol–water partition coefficient (Wildman–Crippen LogP) is 1.49. The van der Waals surface area contributed by atoms with Gasteiger partial charge in [0.25, 0.3) is 10.0 Å². The molecule has 1 aliphatic heterocycles. The lowest BCUT2D eigenvalue weighted by Crippen LogP contribution is -2.41. The van der Waals surface area contributed by atoms with E-state index in [-0.39, 0.29) is 6.04 Å². The Kier molecular flexibility index (Phi) is 4.51. The molecule has 1 aromatic rings. The monoisotopic (exact) mass is 316 g/mol. The van der Waals surface area contributed by atoms with Gasteiger partial charge in [0.1, 0.15) is 0 Å². The van der Waals surface area contributed by atoms with Crippen LogP contribution < -0.4 is 0 Å². The number of benzene rings is 1. The molecule has 1 aromatic carbocycles. The van der Waals surface area contributed by atoms with Crippen molar-refractivity contribution < 1.29 is 12.6 Å². The summed E-state index contributed by atoms with van der Waals surface area (Å²) < 4.78 is 38.3. The number of hydrogen-bond donors (Lipinski definition) is 0. The molecule has 0 aromatic heterocycles. The second-order valence-electron chi connectivity index (χ2n) is 5.11. The van der Waals surface area contributed by atoms with Crippen molar-refractivity contribution >= 4 is 19.8 Å². The van der Waals surface area contributed by atoms with Crippen LogP contribution in [0.2, 0.25) is 0 Å².